The molecule has 2 aromatic rings. The molecule has 0 radical (unpaired) electrons. The second-order valence-corrected chi connectivity index (χ2v) is 7.68. The molecule has 0 bridgehead atoms. The van der Waals surface area contributed by atoms with E-state index in [2.05, 4.69) is 41.6 Å². The molecule has 0 N–H and O–H groups in total. The van der Waals surface area contributed by atoms with Gasteiger partial charge in [-0.25, -0.2) is 4.79 Å². The van der Waals surface area contributed by atoms with Crippen LogP contribution in [0.3, 0.4) is 0 Å². The van der Waals surface area contributed by atoms with Crippen LogP contribution in [0, 0.1) is 9.49 Å². The van der Waals surface area contributed by atoms with Gasteiger partial charge in [-0.1, -0.05) is 31.9 Å². The first-order valence-electron chi connectivity index (χ1n) is 8.19. The lowest BCUT2D eigenvalue weighted by atomic mass is 9.79. The number of esters is 1. The summed E-state index contributed by atoms with van der Waals surface area (Å²) in [6, 6.07) is 15.5. The number of halogens is 1. The predicted molar refractivity (Wildman–Crippen MR) is 101 cm³/mol. The summed E-state index contributed by atoms with van der Waals surface area (Å²) in [7, 11) is 0. The molecule has 2 aromatic carbocycles. The Morgan fingerprint density at radius 1 is 1.04 bits per heavy atom. The van der Waals surface area contributed by atoms with Crippen LogP contribution in [0.15, 0.2) is 48.5 Å². The van der Waals surface area contributed by atoms with Crippen molar-refractivity contribution in [3.63, 3.8) is 0 Å². The molecule has 3 heteroatoms. The first-order chi connectivity index (χ1) is 11.1. The molecule has 1 fully saturated rings. The van der Waals surface area contributed by atoms with Gasteiger partial charge in [0.2, 0.25) is 0 Å². The number of carbonyl (C=O) groups is 1. The van der Waals surface area contributed by atoms with Crippen LogP contribution in [-0.4, -0.2) is 5.97 Å². The van der Waals surface area contributed by atoms with E-state index in [4.69, 9.17) is 4.74 Å². The summed E-state index contributed by atoms with van der Waals surface area (Å²) in [5.41, 5.74) is 1.96. The maximum atomic E-state index is 12.2. The van der Waals surface area contributed by atoms with Crippen molar-refractivity contribution in [3.8, 4) is 5.75 Å². The predicted octanol–water partition coefficient (Wildman–Crippen LogP) is 5.80. The van der Waals surface area contributed by atoms with E-state index in [9.17, 15) is 4.79 Å². The SMILES string of the molecule is CC1CCCC(c2ccc(C(=O)Oc3ccc(I)cc3)cc2)C1. The largest absolute Gasteiger partial charge is 0.423 e. The molecular formula is C20H21IO2. The third-order valence-electron chi connectivity index (χ3n) is 4.58. The van der Waals surface area contributed by atoms with Gasteiger partial charge in [-0.2, -0.15) is 0 Å². The van der Waals surface area contributed by atoms with Crippen LogP contribution < -0.4 is 4.74 Å². The third-order valence-corrected chi connectivity index (χ3v) is 5.30. The Hall–Kier alpha value is -1.36. The first kappa shape index (κ1) is 16.5. The van der Waals surface area contributed by atoms with Crippen molar-refractivity contribution in [2.24, 2.45) is 5.92 Å². The van der Waals surface area contributed by atoms with Crippen LogP contribution in [0.5, 0.6) is 5.75 Å². The Balaban J connectivity index is 1.66. The summed E-state index contributed by atoms with van der Waals surface area (Å²) >= 11 is 2.23. The third kappa shape index (κ3) is 4.34. The van der Waals surface area contributed by atoms with Crippen molar-refractivity contribution in [2.45, 2.75) is 38.5 Å². The van der Waals surface area contributed by atoms with Gasteiger partial charge in [0.25, 0.3) is 0 Å². The molecule has 1 aliphatic carbocycles. The van der Waals surface area contributed by atoms with Crippen LogP contribution in [-0.2, 0) is 0 Å². The lowest BCUT2D eigenvalue weighted by Crippen LogP contribution is -2.12. The standard InChI is InChI=1S/C20H21IO2/c1-14-3-2-4-17(13-14)15-5-7-16(8-6-15)20(22)23-19-11-9-18(21)10-12-19/h5-12,14,17H,2-4,13H2,1H3. The zero-order chi connectivity index (χ0) is 16.2. The number of rotatable bonds is 3. The van der Waals surface area contributed by atoms with E-state index in [1.54, 1.807) is 0 Å². The molecular weight excluding hydrogens is 399 g/mol. The van der Waals surface area contributed by atoms with Gasteiger partial charge in [0.15, 0.2) is 0 Å². The molecule has 0 aromatic heterocycles. The maximum Gasteiger partial charge on any atom is 0.343 e. The highest BCUT2D eigenvalue weighted by atomic mass is 127. The molecule has 120 valence electrons. The topological polar surface area (TPSA) is 26.3 Å². The van der Waals surface area contributed by atoms with E-state index in [0.29, 0.717) is 17.2 Å². The van der Waals surface area contributed by atoms with E-state index in [1.807, 2.05) is 36.4 Å². The fourth-order valence-corrected chi connectivity index (χ4v) is 3.66. The average Bonchev–Trinajstić information content (AvgIpc) is 2.57. The highest BCUT2D eigenvalue weighted by Gasteiger charge is 2.20. The van der Waals surface area contributed by atoms with Crippen molar-refractivity contribution < 1.29 is 9.53 Å². The summed E-state index contributed by atoms with van der Waals surface area (Å²) in [5.74, 6) is 1.73. The van der Waals surface area contributed by atoms with Crippen molar-refractivity contribution in [3.05, 3.63) is 63.2 Å². The molecule has 0 amide bonds. The minimum absolute atomic E-state index is 0.297. The zero-order valence-electron chi connectivity index (χ0n) is 13.3. The summed E-state index contributed by atoms with van der Waals surface area (Å²) in [5, 5.41) is 0. The van der Waals surface area contributed by atoms with Crippen molar-refractivity contribution in [1.82, 2.24) is 0 Å². The molecule has 0 aliphatic heterocycles. The number of hydrogen-bond donors (Lipinski definition) is 0. The van der Waals surface area contributed by atoms with E-state index < -0.39 is 0 Å². The Kier molecular flexibility index (Phi) is 5.36. The highest BCUT2D eigenvalue weighted by molar-refractivity contribution is 14.1. The summed E-state index contributed by atoms with van der Waals surface area (Å²) in [6.45, 7) is 2.33. The number of ether oxygens (including phenoxy) is 1. The first-order valence-corrected chi connectivity index (χ1v) is 9.27. The second kappa shape index (κ2) is 7.47. The Labute approximate surface area is 151 Å². The van der Waals surface area contributed by atoms with Crippen molar-refractivity contribution in [2.75, 3.05) is 0 Å². The van der Waals surface area contributed by atoms with Gasteiger partial charge in [0.05, 0.1) is 5.56 Å². The summed E-state index contributed by atoms with van der Waals surface area (Å²) in [6.07, 6.45) is 5.17. The molecule has 0 spiro atoms. The average molecular weight is 420 g/mol. The summed E-state index contributed by atoms with van der Waals surface area (Å²) in [4.78, 5) is 12.2. The smallest absolute Gasteiger partial charge is 0.343 e. The van der Waals surface area contributed by atoms with Crippen LogP contribution in [0.1, 0.15) is 54.4 Å². The Morgan fingerprint density at radius 3 is 2.39 bits per heavy atom. The van der Waals surface area contributed by atoms with Crippen LogP contribution >= 0.6 is 22.6 Å². The van der Waals surface area contributed by atoms with Crippen molar-refractivity contribution >= 4 is 28.6 Å². The zero-order valence-corrected chi connectivity index (χ0v) is 15.5. The monoisotopic (exact) mass is 420 g/mol. The fourth-order valence-electron chi connectivity index (χ4n) is 3.30. The molecule has 23 heavy (non-hydrogen) atoms. The molecule has 3 rings (SSSR count). The molecule has 2 atom stereocenters. The Bertz CT molecular complexity index is 661. The molecule has 2 unspecified atom stereocenters. The van der Waals surface area contributed by atoms with Crippen LogP contribution in [0.4, 0.5) is 0 Å². The number of benzene rings is 2. The van der Waals surface area contributed by atoms with Gasteiger partial charge in [0, 0.05) is 3.57 Å². The molecule has 1 aliphatic rings. The van der Waals surface area contributed by atoms with Crippen molar-refractivity contribution in [1.29, 1.82) is 0 Å². The normalized spacial score (nSPS) is 21.0. The fraction of sp³-hybridized carbons (Fsp3) is 0.350. The van der Waals surface area contributed by atoms with Gasteiger partial charge >= 0.3 is 5.97 Å². The highest BCUT2D eigenvalue weighted by Crippen LogP contribution is 2.35. The number of carbonyl (C=O) groups excluding carboxylic acids is 1. The quantitative estimate of drug-likeness (QED) is 0.356. The van der Waals surface area contributed by atoms with E-state index >= 15 is 0 Å². The van der Waals surface area contributed by atoms with E-state index in [0.717, 1.165) is 9.49 Å². The van der Waals surface area contributed by atoms with Gasteiger partial charge in [-0.05, 0) is 89.2 Å². The van der Waals surface area contributed by atoms with Gasteiger partial charge in [-0.3, -0.25) is 0 Å². The molecule has 1 saturated carbocycles. The van der Waals surface area contributed by atoms with Gasteiger partial charge in [0.1, 0.15) is 5.75 Å². The van der Waals surface area contributed by atoms with Crippen LogP contribution in [0.2, 0.25) is 0 Å². The van der Waals surface area contributed by atoms with Crippen LogP contribution in [0.25, 0.3) is 0 Å². The minimum atomic E-state index is -0.297. The number of hydrogen-bond acceptors (Lipinski definition) is 2. The van der Waals surface area contributed by atoms with E-state index in [-0.39, 0.29) is 5.97 Å². The van der Waals surface area contributed by atoms with E-state index in [1.165, 1.54) is 31.2 Å². The second-order valence-electron chi connectivity index (χ2n) is 6.43. The van der Waals surface area contributed by atoms with Gasteiger partial charge < -0.3 is 4.74 Å². The summed E-state index contributed by atoms with van der Waals surface area (Å²) < 4.78 is 6.53. The Morgan fingerprint density at radius 2 is 1.74 bits per heavy atom. The lowest BCUT2D eigenvalue weighted by Gasteiger charge is -2.27. The molecule has 2 nitrogen and oxygen atoms in total. The lowest BCUT2D eigenvalue weighted by molar-refractivity contribution is 0.0734. The molecule has 0 heterocycles. The maximum absolute atomic E-state index is 12.2. The minimum Gasteiger partial charge on any atom is -0.423 e. The molecule has 0 saturated heterocycles. The van der Waals surface area contributed by atoms with Gasteiger partial charge in [-0.15, -0.1) is 0 Å².